The van der Waals surface area contributed by atoms with Crippen molar-refractivity contribution in [2.75, 3.05) is 0 Å². The Morgan fingerprint density at radius 3 is 2.55 bits per heavy atom. The van der Waals surface area contributed by atoms with Crippen molar-refractivity contribution in [3.63, 3.8) is 0 Å². The van der Waals surface area contributed by atoms with E-state index >= 15 is 0 Å². The largest absolute Gasteiger partial charge is 0.489 e. The van der Waals surface area contributed by atoms with Gasteiger partial charge in [-0.15, -0.1) is 0 Å². The average molecular weight is 289 g/mol. The minimum Gasteiger partial charge on any atom is -0.489 e. The molecule has 0 aliphatic rings. The number of H-pyrrole nitrogens is 1. The zero-order valence-electron chi connectivity index (χ0n) is 12.2. The van der Waals surface area contributed by atoms with E-state index in [1.54, 1.807) is 12.4 Å². The highest BCUT2D eigenvalue weighted by Gasteiger charge is 2.07. The van der Waals surface area contributed by atoms with E-state index in [1.807, 2.05) is 26.0 Å². The molecular weight excluding hydrogens is 270 g/mol. The molecule has 0 aromatic carbocycles. The summed E-state index contributed by atoms with van der Waals surface area (Å²) in [5, 5.41) is 0. The van der Waals surface area contributed by atoms with Crippen LogP contribution in [0.1, 0.15) is 39.4 Å². The van der Waals surface area contributed by atoms with Crippen molar-refractivity contribution in [1.29, 1.82) is 0 Å². The third-order valence-corrected chi connectivity index (χ3v) is 2.91. The maximum absolute atomic E-state index is 5.67. The number of hydrogen-bond acceptors (Lipinski definition) is 4. The van der Waals surface area contributed by atoms with Gasteiger partial charge in [-0.05, 0) is 26.0 Å². The molecule has 0 aliphatic heterocycles. The number of aromatic nitrogens is 3. The molecule has 4 nitrogen and oxygen atoms in total. The number of nitrogens with zero attached hydrogens (tertiary/aromatic N) is 2. The molecule has 0 aliphatic carbocycles. The van der Waals surface area contributed by atoms with E-state index in [4.69, 9.17) is 17.0 Å². The standard InChI is InChI=1S/C15H19N3OS/c1-9(2)15-17-13(6-14(20)18-15)11-5-12(8-16-7-11)19-10(3)4/h5-10H,1-4H3,(H,17,18,20). The highest BCUT2D eigenvalue weighted by atomic mass is 32.1. The Labute approximate surface area is 124 Å². The third kappa shape index (κ3) is 3.63. The van der Waals surface area contributed by atoms with Gasteiger partial charge in [-0.25, -0.2) is 4.98 Å². The molecule has 2 aromatic heterocycles. The summed E-state index contributed by atoms with van der Waals surface area (Å²) in [5.41, 5.74) is 1.86. The SMILES string of the molecule is CC(C)Oc1cncc(-c2cc(=S)nc(C(C)C)[nH]2)c1. The van der Waals surface area contributed by atoms with Gasteiger partial charge in [0.25, 0.3) is 0 Å². The number of pyridine rings is 1. The van der Waals surface area contributed by atoms with Gasteiger partial charge in [-0.2, -0.15) is 0 Å². The maximum Gasteiger partial charge on any atom is 0.138 e. The second-order valence-electron chi connectivity index (χ2n) is 5.25. The van der Waals surface area contributed by atoms with Crippen LogP contribution in [0.4, 0.5) is 0 Å². The van der Waals surface area contributed by atoms with Crippen molar-refractivity contribution in [1.82, 2.24) is 15.0 Å². The van der Waals surface area contributed by atoms with Gasteiger partial charge < -0.3 is 9.72 Å². The van der Waals surface area contributed by atoms with Crippen LogP contribution >= 0.6 is 12.2 Å². The highest BCUT2D eigenvalue weighted by Crippen LogP contribution is 2.23. The molecule has 106 valence electrons. The summed E-state index contributed by atoms with van der Waals surface area (Å²) in [6, 6.07) is 3.80. The van der Waals surface area contributed by atoms with Crippen molar-refractivity contribution >= 4 is 12.2 Å². The van der Waals surface area contributed by atoms with Gasteiger partial charge in [-0.3, -0.25) is 4.98 Å². The van der Waals surface area contributed by atoms with E-state index in [9.17, 15) is 0 Å². The van der Waals surface area contributed by atoms with E-state index in [0.29, 0.717) is 10.6 Å². The van der Waals surface area contributed by atoms with Crippen molar-refractivity contribution < 1.29 is 4.74 Å². The normalized spacial score (nSPS) is 11.1. The first-order chi connectivity index (χ1) is 9.45. The number of nitrogens with one attached hydrogen (secondary N) is 1. The molecule has 0 radical (unpaired) electrons. The summed E-state index contributed by atoms with van der Waals surface area (Å²) in [6.45, 7) is 8.13. The second-order valence-corrected chi connectivity index (χ2v) is 5.67. The predicted octanol–water partition coefficient (Wildman–Crippen LogP) is 4.11. The van der Waals surface area contributed by atoms with Crippen LogP contribution in [0.3, 0.4) is 0 Å². The zero-order chi connectivity index (χ0) is 14.7. The van der Waals surface area contributed by atoms with Crippen molar-refractivity contribution in [2.45, 2.75) is 39.7 Å². The Morgan fingerprint density at radius 2 is 1.90 bits per heavy atom. The van der Waals surface area contributed by atoms with Gasteiger partial charge in [0.15, 0.2) is 0 Å². The fraction of sp³-hybridized carbons (Fsp3) is 0.400. The first-order valence-electron chi connectivity index (χ1n) is 6.69. The molecule has 0 fully saturated rings. The second kappa shape index (κ2) is 6.13. The van der Waals surface area contributed by atoms with Crippen molar-refractivity contribution in [2.24, 2.45) is 0 Å². The Morgan fingerprint density at radius 1 is 1.15 bits per heavy atom. The first kappa shape index (κ1) is 14.7. The lowest BCUT2D eigenvalue weighted by atomic mass is 10.1. The predicted molar refractivity (Wildman–Crippen MR) is 82.5 cm³/mol. The molecule has 0 spiro atoms. The van der Waals surface area contributed by atoms with Crippen LogP contribution < -0.4 is 4.74 Å². The topological polar surface area (TPSA) is 50.8 Å². The molecule has 0 amide bonds. The molecule has 0 unspecified atom stereocenters. The van der Waals surface area contributed by atoms with Crippen molar-refractivity contribution in [3.05, 3.63) is 35.0 Å². The quantitative estimate of drug-likeness (QED) is 0.860. The summed E-state index contributed by atoms with van der Waals surface area (Å²) in [5.74, 6) is 1.92. The Kier molecular flexibility index (Phi) is 4.49. The monoisotopic (exact) mass is 289 g/mol. The van der Waals surface area contributed by atoms with E-state index in [0.717, 1.165) is 22.8 Å². The molecule has 2 rings (SSSR count). The molecule has 0 atom stereocenters. The summed E-state index contributed by atoms with van der Waals surface area (Å²) in [4.78, 5) is 11.9. The van der Waals surface area contributed by atoms with Gasteiger partial charge in [0.1, 0.15) is 16.2 Å². The Bertz CT molecular complexity index is 650. The first-order valence-corrected chi connectivity index (χ1v) is 7.10. The van der Waals surface area contributed by atoms with Crippen molar-refractivity contribution in [3.8, 4) is 17.0 Å². The summed E-state index contributed by atoms with van der Waals surface area (Å²) in [6.07, 6.45) is 3.62. The maximum atomic E-state index is 5.67. The molecule has 5 heteroatoms. The van der Waals surface area contributed by atoms with Gasteiger partial charge in [0.05, 0.1) is 18.0 Å². The molecule has 0 saturated heterocycles. The molecular formula is C15H19N3OS. The Balaban J connectivity index is 2.43. The number of aromatic amines is 1. The van der Waals surface area contributed by atoms with Crippen LogP contribution in [0.2, 0.25) is 0 Å². The minimum atomic E-state index is 0.120. The smallest absolute Gasteiger partial charge is 0.138 e. The van der Waals surface area contributed by atoms with Crippen LogP contribution in [0.25, 0.3) is 11.3 Å². The number of hydrogen-bond donors (Lipinski definition) is 1. The lowest BCUT2D eigenvalue weighted by molar-refractivity contribution is 0.241. The lowest BCUT2D eigenvalue weighted by Crippen LogP contribution is -2.06. The van der Waals surface area contributed by atoms with Crippen LogP contribution in [-0.2, 0) is 0 Å². The molecule has 1 N–H and O–H groups in total. The highest BCUT2D eigenvalue weighted by molar-refractivity contribution is 7.71. The van der Waals surface area contributed by atoms with Gasteiger partial charge >= 0.3 is 0 Å². The minimum absolute atomic E-state index is 0.120. The number of ether oxygens (including phenoxy) is 1. The molecule has 20 heavy (non-hydrogen) atoms. The van der Waals surface area contributed by atoms with E-state index in [1.165, 1.54) is 0 Å². The fourth-order valence-electron chi connectivity index (χ4n) is 1.81. The van der Waals surface area contributed by atoms with Crippen LogP contribution in [0.15, 0.2) is 24.5 Å². The lowest BCUT2D eigenvalue weighted by Gasteiger charge is -2.11. The van der Waals surface area contributed by atoms with E-state index < -0.39 is 0 Å². The Hall–Kier alpha value is -1.75. The zero-order valence-corrected chi connectivity index (χ0v) is 13.0. The third-order valence-electron chi connectivity index (χ3n) is 2.70. The molecule has 2 heterocycles. The summed E-state index contributed by atoms with van der Waals surface area (Å²) >= 11 is 5.23. The van der Waals surface area contributed by atoms with Crippen LogP contribution in [0, 0.1) is 4.64 Å². The summed E-state index contributed by atoms with van der Waals surface area (Å²) in [7, 11) is 0. The van der Waals surface area contributed by atoms with Gasteiger partial charge in [-0.1, -0.05) is 26.1 Å². The number of rotatable bonds is 4. The van der Waals surface area contributed by atoms with E-state index in [2.05, 4.69) is 28.8 Å². The summed E-state index contributed by atoms with van der Waals surface area (Å²) < 4.78 is 6.25. The van der Waals surface area contributed by atoms with Crippen LogP contribution in [0.5, 0.6) is 5.75 Å². The molecule has 2 aromatic rings. The van der Waals surface area contributed by atoms with Crippen LogP contribution in [-0.4, -0.2) is 21.1 Å². The van der Waals surface area contributed by atoms with Gasteiger partial charge in [0, 0.05) is 17.7 Å². The molecule has 0 saturated carbocycles. The van der Waals surface area contributed by atoms with Gasteiger partial charge in [0.2, 0.25) is 0 Å². The van der Waals surface area contributed by atoms with E-state index in [-0.39, 0.29) is 6.10 Å². The fourth-order valence-corrected chi connectivity index (χ4v) is 2.02. The molecule has 0 bridgehead atoms. The average Bonchev–Trinajstić information content (AvgIpc) is 2.37.